The Balaban J connectivity index is 2.16. The highest BCUT2D eigenvalue weighted by molar-refractivity contribution is 9.10. The van der Waals surface area contributed by atoms with E-state index in [9.17, 15) is 13.2 Å². The molecule has 7 heteroatoms. The molecule has 1 N–H and O–H groups in total. The average Bonchev–Trinajstić information content (AvgIpc) is 2.62. The lowest BCUT2D eigenvalue weighted by molar-refractivity contribution is 0.102. The van der Waals surface area contributed by atoms with E-state index in [0.717, 1.165) is 4.47 Å². The van der Waals surface area contributed by atoms with Gasteiger partial charge in [-0.05, 0) is 48.5 Å². The van der Waals surface area contributed by atoms with Crippen LogP contribution in [-0.2, 0) is 10.0 Å². The smallest absolute Gasteiger partial charge is 0.255 e. The molecule has 0 spiro atoms. The highest BCUT2D eigenvalue weighted by atomic mass is 79.9. The zero-order chi connectivity index (χ0) is 19.2. The standard InChI is InChI=1S/C19H19BrN2O3S/c1-3-13-22(14-4-2)26(24,25)18-11-9-17(10-12-18)21-19(23)15-5-7-16(20)8-6-15/h3-12H,1-2,13-14H2,(H,21,23). The van der Waals surface area contributed by atoms with Crippen LogP contribution in [0.25, 0.3) is 0 Å². The van der Waals surface area contributed by atoms with Gasteiger partial charge in [0, 0.05) is 28.8 Å². The van der Waals surface area contributed by atoms with Crippen molar-refractivity contribution in [3.8, 4) is 0 Å². The van der Waals surface area contributed by atoms with Gasteiger partial charge in [-0.1, -0.05) is 28.1 Å². The third-order valence-electron chi connectivity index (χ3n) is 3.52. The molecule has 0 aliphatic carbocycles. The SMILES string of the molecule is C=CCN(CC=C)S(=O)(=O)c1ccc(NC(=O)c2ccc(Br)cc2)cc1. The minimum absolute atomic E-state index is 0.142. The summed E-state index contributed by atoms with van der Waals surface area (Å²) in [6, 6.07) is 13.0. The van der Waals surface area contributed by atoms with Gasteiger partial charge in [0.05, 0.1) is 4.90 Å². The number of carbonyl (C=O) groups excluding carboxylic acids is 1. The molecule has 0 bridgehead atoms. The van der Waals surface area contributed by atoms with Gasteiger partial charge in [0.2, 0.25) is 10.0 Å². The molecule has 2 aromatic carbocycles. The lowest BCUT2D eigenvalue weighted by atomic mass is 10.2. The molecule has 2 rings (SSSR count). The molecule has 0 saturated heterocycles. The van der Waals surface area contributed by atoms with Crippen molar-refractivity contribution in [1.29, 1.82) is 0 Å². The highest BCUT2D eigenvalue weighted by Gasteiger charge is 2.22. The van der Waals surface area contributed by atoms with Gasteiger partial charge < -0.3 is 5.32 Å². The number of anilines is 1. The second kappa shape index (κ2) is 8.93. The van der Waals surface area contributed by atoms with Gasteiger partial charge >= 0.3 is 0 Å². The van der Waals surface area contributed by atoms with Crippen molar-refractivity contribution < 1.29 is 13.2 Å². The fourth-order valence-electron chi connectivity index (χ4n) is 2.22. The first kappa shape index (κ1) is 20.1. The number of hydrogen-bond donors (Lipinski definition) is 1. The lowest BCUT2D eigenvalue weighted by Gasteiger charge is -2.19. The first-order chi connectivity index (χ1) is 12.4. The van der Waals surface area contributed by atoms with Crippen molar-refractivity contribution in [3.05, 3.63) is 83.9 Å². The Hall–Kier alpha value is -2.22. The van der Waals surface area contributed by atoms with Crippen molar-refractivity contribution >= 4 is 37.5 Å². The number of rotatable bonds is 8. The van der Waals surface area contributed by atoms with E-state index in [4.69, 9.17) is 0 Å². The van der Waals surface area contributed by atoms with Gasteiger partial charge in [-0.2, -0.15) is 4.31 Å². The largest absolute Gasteiger partial charge is 0.322 e. The first-order valence-electron chi connectivity index (χ1n) is 7.77. The number of nitrogens with zero attached hydrogens (tertiary/aromatic N) is 1. The molecule has 0 heterocycles. The Morgan fingerprint density at radius 2 is 1.54 bits per heavy atom. The number of benzene rings is 2. The summed E-state index contributed by atoms with van der Waals surface area (Å²) < 4.78 is 27.4. The minimum Gasteiger partial charge on any atom is -0.322 e. The summed E-state index contributed by atoms with van der Waals surface area (Å²) in [6.45, 7) is 7.54. The normalized spacial score (nSPS) is 11.2. The number of carbonyl (C=O) groups is 1. The van der Waals surface area contributed by atoms with Crippen LogP contribution >= 0.6 is 15.9 Å². The predicted molar refractivity (Wildman–Crippen MR) is 108 cm³/mol. The molecule has 0 fully saturated rings. The number of amides is 1. The molecule has 0 saturated carbocycles. The van der Waals surface area contributed by atoms with Crippen LogP contribution in [0.2, 0.25) is 0 Å². The van der Waals surface area contributed by atoms with Gasteiger partial charge in [0.1, 0.15) is 0 Å². The molecule has 0 atom stereocenters. The minimum atomic E-state index is -3.65. The van der Waals surface area contributed by atoms with E-state index in [0.29, 0.717) is 11.3 Å². The molecule has 0 unspecified atom stereocenters. The quantitative estimate of drug-likeness (QED) is 0.636. The molecule has 1 amide bonds. The van der Waals surface area contributed by atoms with Crippen molar-refractivity contribution in [3.63, 3.8) is 0 Å². The lowest BCUT2D eigenvalue weighted by Crippen LogP contribution is -2.31. The van der Waals surface area contributed by atoms with Crippen LogP contribution in [0.1, 0.15) is 10.4 Å². The molecule has 2 aromatic rings. The van der Waals surface area contributed by atoms with Gasteiger partial charge in [0.25, 0.3) is 5.91 Å². The summed E-state index contributed by atoms with van der Waals surface area (Å²) in [6.07, 6.45) is 3.04. The zero-order valence-corrected chi connectivity index (χ0v) is 16.5. The van der Waals surface area contributed by atoms with Crippen LogP contribution < -0.4 is 5.32 Å². The third kappa shape index (κ3) is 4.91. The van der Waals surface area contributed by atoms with Crippen LogP contribution in [0.4, 0.5) is 5.69 Å². The monoisotopic (exact) mass is 434 g/mol. The Bertz CT molecular complexity index is 881. The van der Waals surface area contributed by atoms with E-state index in [2.05, 4.69) is 34.4 Å². The van der Waals surface area contributed by atoms with Gasteiger partial charge in [-0.25, -0.2) is 8.42 Å². The van der Waals surface area contributed by atoms with Gasteiger partial charge in [-0.3, -0.25) is 4.79 Å². The maximum absolute atomic E-state index is 12.6. The number of sulfonamides is 1. The summed E-state index contributed by atoms with van der Waals surface area (Å²) >= 11 is 3.32. The van der Waals surface area contributed by atoms with Crippen molar-refractivity contribution in [1.82, 2.24) is 4.31 Å². The molecule has 0 radical (unpaired) electrons. The van der Waals surface area contributed by atoms with E-state index in [1.807, 2.05) is 0 Å². The molecule has 136 valence electrons. The van der Waals surface area contributed by atoms with Crippen LogP contribution in [-0.4, -0.2) is 31.7 Å². The molecule has 26 heavy (non-hydrogen) atoms. The van der Waals surface area contributed by atoms with Crippen molar-refractivity contribution in [2.75, 3.05) is 18.4 Å². The maximum atomic E-state index is 12.6. The Labute approximate surface area is 162 Å². The number of nitrogens with one attached hydrogen (secondary N) is 1. The second-order valence-electron chi connectivity index (χ2n) is 5.38. The molecular formula is C19H19BrN2O3S. The predicted octanol–water partition coefficient (Wildman–Crippen LogP) is 4.06. The van der Waals surface area contributed by atoms with E-state index in [-0.39, 0.29) is 23.9 Å². The number of hydrogen-bond acceptors (Lipinski definition) is 3. The van der Waals surface area contributed by atoms with Crippen molar-refractivity contribution in [2.24, 2.45) is 0 Å². The van der Waals surface area contributed by atoms with Crippen LogP contribution in [0.15, 0.2) is 83.2 Å². The summed E-state index contributed by atoms with van der Waals surface area (Å²) in [4.78, 5) is 12.4. The topological polar surface area (TPSA) is 66.5 Å². The highest BCUT2D eigenvalue weighted by Crippen LogP contribution is 2.19. The molecule has 0 aliphatic rings. The maximum Gasteiger partial charge on any atom is 0.255 e. The summed E-state index contributed by atoms with van der Waals surface area (Å²) in [7, 11) is -3.65. The Morgan fingerprint density at radius 3 is 2.04 bits per heavy atom. The van der Waals surface area contributed by atoms with Crippen LogP contribution in [0, 0.1) is 0 Å². The van der Waals surface area contributed by atoms with Gasteiger partial charge in [-0.15, -0.1) is 13.2 Å². The third-order valence-corrected chi connectivity index (χ3v) is 5.90. The van der Waals surface area contributed by atoms with Crippen molar-refractivity contribution in [2.45, 2.75) is 4.90 Å². The molecule has 0 aromatic heterocycles. The molecular weight excluding hydrogens is 416 g/mol. The summed E-state index contributed by atoms with van der Waals surface area (Å²) in [5, 5.41) is 2.74. The fourth-order valence-corrected chi connectivity index (χ4v) is 3.87. The van der Waals surface area contributed by atoms with E-state index < -0.39 is 10.0 Å². The Morgan fingerprint density at radius 1 is 1.00 bits per heavy atom. The zero-order valence-electron chi connectivity index (χ0n) is 14.1. The number of halogens is 1. The summed E-state index contributed by atoms with van der Waals surface area (Å²) in [5.74, 6) is -0.270. The molecule has 5 nitrogen and oxygen atoms in total. The van der Waals surface area contributed by atoms with E-state index in [1.165, 1.54) is 28.6 Å². The second-order valence-corrected chi connectivity index (χ2v) is 8.24. The van der Waals surface area contributed by atoms with Gasteiger partial charge in [0.15, 0.2) is 0 Å². The van der Waals surface area contributed by atoms with E-state index >= 15 is 0 Å². The Kier molecular flexibility index (Phi) is 6.90. The average molecular weight is 435 g/mol. The van der Waals surface area contributed by atoms with Crippen LogP contribution in [0.3, 0.4) is 0 Å². The van der Waals surface area contributed by atoms with Crippen LogP contribution in [0.5, 0.6) is 0 Å². The fraction of sp³-hybridized carbons (Fsp3) is 0.105. The molecule has 0 aliphatic heterocycles. The van der Waals surface area contributed by atoms with E-state index in [1.54, 1.807) is 36.4 Å². The summed E-state index contributed by atoms with van der Waals surface area (Å²) in [5.41, 5.74) is 1.02. The first-order valence-corrected chi connectivity index (χ1v) is 10.0.